The van der Waals surface area contributed by atoms with Crippen LogP contribution in [0.4, 0.5) is 0 Å². The molecule has 0 aromatic rings. The monoisotopic (exact) mass is 1450 g/mol. The fraction of sp³-hybridized carbons (Fsp3) is 0.950. The third-order valence-electron chi connectivity index (χ3n) is 19.1. The van der Waals surface area contributed by atoms with Crippen LogP contribution in [0, 0.1) is 5.92 Å². The molecule has 17 nitrogen and oxygen atoms in total. The van der Waals surface area contributed by atoms with Gasteiger partial charge in [-0.05, 0) is 31.6 Å². The maximum atomic E-state index is 13.1. The van der Waals surface area contributed by atoms with Gasteiger partial charge in [0, 0.05) is 25.7 Å². The fourth-order valence-electron chi connectivity index (χ4n) is 12.4. The summed E-state index contributed by atoms with van der Waals surface area (Å²) in [6, 6.07) is 0. The number of carbonyl (C=O) groups is 4. The number of unbranched alkanes of at least 4 members (excludes halogenated alkanes) is 51. The largest absolute Gasteiger partial charge is 0.472 e. The highest BCUT2D eigenvalue weighted by Gasteiger charge is 2.30. The van der Waals surface area contributed by atoms with Gasteiger partial charge in [0.2, 0.25) is 0 Å². The van der Waals surface area contributed by atoms with Crippen molar-refractivity contribution in [2.75, 3.05) is 39.6 Å². The Labute approximate surface area is 607 Å². The highest BCUT2D eigenvalue weighted by Crippen LogP contribution is 2.45. The van der Waals surface area contributed by atoms with E-state index >= 15 is 0 Å². The number of esters is 4. The maximum Gasteiger partial charge on any atom is 0.472 e. The highest BCUT2D eigenvalue weighted by atomic mass is 31.2. The second-order valence-corrected chi connectivity index (χ2v) is 32.0. The first-order chi connectivity index (χ1) is 48.1. The Morgan fingerprint density at radius 3 is 0.717 bits per heavy atom. The van der Waals surface area contributed by atoms with Crippen LogP contribution in [0.3, 0.4) is 0 Å². The smallest absolute Gasteiger partial charge is 0.462 e. The van der Waals surface area contributed by atoms with Gasteiger partial charge >= 0.3 is 39.5 Å². The van der Waals surface area contributed by atoms with Crippen LogP contribution in [0.25, 0.3) is 0 Å². The number of carbonyl (C=O) groups excluding carboxylic acids is 4. The molecule has 588 valence electrons. The molecule has 0 saturated heterocycles. The lowest BCUT2D eigenvalue weighted by Gasteiger charge is -2.21. The maximum absolute atomic E-state index is 13.1. The van der Waals surface area contributed by atoms with Crippen molar-refractivity contribution in [3.63, 3.8) is 0 Å². The number of ether oxygens (including phenoxy) is 4. The van der Waals surface area contributed by atoms with Crippen molar-refractivity contribution in [1.29, 1.82) is 0 Å². The molecule has 0 amide bonds. The van der Waals surface area contributed by atoms with Crippen molar-refractivity contribution in [2.24, 2.45) is 5.92 Å². The van der Waals surface area contributed by atoms with E-state index in [0.717, 1.165) is 95.8 Å². The summed E-state index contributed by atoms with van der Waals surface area (Å²) in [6.07, 6.45) is 64.1. The van der Waals surface area contributed by atoms with Gasteiger partial charge in [-0.15, -0.1) is 0 Å². The summed E-state index contributed by atoms with van der Waals surface area (Å²) < 4.78 is 68.6. The van der Waals surface area contributed by atoms with Crippen LogP contribution in [-0.2, 0) is 65.4 Å². The predicted molar refractivity (Wildman–Crippen MR) is 405 cm³/mol. The Hall–Kier alpha value is -1.94. The topological polar surface area (TPSA) is 237 Å². The van der Waals surface area contributed by atoms with Gasteiger partial charge in [-0.25, -0.2) is 9.13 Å². The quantitative estimate of drug-likeness (QED) is 0.0222. The van der Waals surface area contributed by atoms with Crippen molar-refractivity contribution < 1.29 is 80.2 Å². The van der Waals surface area contributed by atoms with Crippen LogP contribution in [0.5, 0.6) is 0 Å². The molecule has 0 aromatic carbocycles. The van der Waals surface area contributed by atoms with Gasteiger partial charge in [0.15, 0.2) is 12.2 Å². The number of hydrogen-bond acceptors (Lipinski definition) is 15. The molecule has 19 heteroatoms. The third kappa shape index (κ3) is 72.8. The van der Waals surface area contributed by atoms with Crippen molar-refractivity contribution in [3.8, 4) is 0 Å². The molecule has 0 saturated carbocycles. The van der Waals surface area contributed by atoms with Crippen molar-refractivity contribution in [2.45, 2.75) is 445 Å². The summed E-state index contributed by atoms with van der Waals surface area (Å²) in [7, 11) is -9.91. The van der Waals surface area contributed by atoms with Gasteiger partial charge in [-0.3, -0.25) is 37.3 Å². The zero-order valence-corrected chi connectivity index (χ0v) is 66.4. The van der Waals surface area contributed by atoms with E-state index < -0.39 is 97.5 Å². The van der Waals surface area contributed by atoms with E-state index in [2.05, 4.69) is 34.6 Å². The summed E-state index contributed by atoms with van der Waals surface area (Å²) in [5, 5.41) is 10.6. The van der Waals surface area contributed by atoms with Crippen LogP contribution in [0.15, 0.2) is 0 Å². The zero-order valence-electron chi connectivity index (χ0n) is 64.6. The van der Waals surface area contributed by atoms with Crippen LogP contribution >= 0.6 is 15.6 Å². The van der Waals surface area contributed by atoms with Gasteiger partial charge in [-0.2, -0.15) is 0 Å². The average Bonchev–Trinajstić information content (AvgIpc) is 0.984. The third-order valence-corrected chi connectivity index (χ3v) is 21.0. The number of aliphatic hydroxyl groups excluding tert-OH is 1. The highest BCUT2D eigenvalue weighted by molar-refractivity contribution is 7.47. The molecule has 3 N–H and O–H groups in total. The predicted octanol–water partition coefficient (Wildman–Crippen LogP) is 24.0. The number of phosphoric acid groups is 2. The first-order valence-corrected chi connectivity index (χ1v) is 44.7. The Morgan fingerprint density at radius 1 is 0.283 bits per heavy atom. The minimum absolute atomic E-state index is 0.104. The van der Waals surface area contributed by atoms with Gasteiger partial charge in [0.05, 0.1) is 26.4 Å². The van der Waals surface area contributed by atoms with E-state index in [1.54, 1.807) is 0 Å². The van der Waals surface area contributed by atoms with E-state index in [0.29, 0.717) is 25.7 Å². The van der Waals surface area contributed by atoms with Crippen LogP contribution in [0.1, 0.15) is 426 Å². The van der Waals surface area contributed by atoms with Crippen LogP contribution < -0.4 is 0 Å². The first kappa shape index (κ1) is 97.1. The number of phosphoric ester groups is 2. The van der Waals surface area contributed by atoms with E-state index in [-0.39, 0.29) is 25.7 Å². The summed E-state index contributed by atoms with van der Waals surface area (Å²) in [5.74, 6) is -1.39. The summed E-state index contributed by atoms with van der Waals surface area (Å²) in [4.78, 5) is 72.9. The van der Waals surface area contributed by atoms with Crippen molar-refractivity contribution in [1.82, 2.24) is 0 Å². The normalized spacial score (nSPS) is 14.1. The molecule has 0 bridgehead atoms. The van der Waals surface area contributed by atoms with Crippen molar-refractivity contribution in [3.05, 3.63) is 0 Å². The Kier molecular flexibility index (Phi) is 71.6. The molecule has 0 aromatic heterocycles. The second-order valence-electron chi connectivity index (χ2n) is 29.1. The Morgan fingerprint density at radius 2 is 0.485 bits per heavy atom. The molecule has 99 heavy (non-hydrogen) atoms. The lowest BCUT2D eigenvalue weighted by Crippen LogP contribution is -2.30. The van der Waals surface area contributed by atoms with E-state index in [1.807, 2.05) is 0 Å². The van der Waals surface area contributed by atoms with Crippen LogP contribution in [-0.4, -0.2) is 96.7 Å². The van der Waals surface area contributed by atoms with Gasteiger partial charge < -0.3 is 33.8 Å². The average molecular weight is 1450 g/mol. The molecule has 6 atom stereocenters. The molecular weight excluding hydrogens is 1290 g/mol. The molecule has 0 rings (SSSR count). The molecule has 0 fully saturated rings. The SMILES string of the molecule is CCCCCCCCCCCCCCCCCCCCCCCCC(=O)O[C@H](COC(=O)CCCCCCCCCCCCCCCCCCC)COP(=O)(O)OC[C@@H](O)COP(=O)(O)OC[C@@H](COC(=O)CCCCCCCCCCCC)OC(=O)CCCCCCCCC(C)CC. The summed E-state index contributed by atoms with van der Waals surface area (Å²) in [5.41, 5.74) is 0. The molecule has 3 unspecified atom stereocenters. The lowest BCUT2D eigenvalue weighted by molar-refractivity contribution is -0.161. The standard InChI is InChI=1S/C80H156O17P2/c1-6-10-13-16-19-22-25-27-29-31-32-33-34-35-37-39-41-43-46-49-55-60-65-79(84)96-75(69-90-78(83)64-59-54-48-45-42-40-38-36-30-28-26-23-20-17-14-11-7-2)71-94-98(86,87)92-67-74(81)68-93-99(88,89)95-72-76(97-80(85)66-61-56-51-50-52-57-62-73(5)9-4)70-91-77(82)63-58-53-47-44-24-21-18-15-12-8-3/h73-76,81H,6-72H2,1-5H3,(H,86,87)(H,88,89)/t73?,74-,75-,76-/m1/s1. The fourth-order valence-corrected chi connectivity index (χ4v) is 14.0. The van der Waals surface area contributed by atoms with Gasteiger partial charge in [0.25, 0.3) is 0 Å². The van der Waals surface area contributed by atoms with E-state index in [1.165, 1.54) is 250 Å². The van der Waals surface area contributed by atoms with E-state index in [4.69, 9.17) is 37.0 Å². The van der Waals surface area contributed by atoms with Gasteiger partial charge in [-0.1, -0.05) is 375 Å². The minimum atomic E-state index is -4.96. The minimum Gasteiger partial charge on any atom is -0.462 e. The molecule has 0 aliphatic carbocycles. The molecular formula is C80H156O17P2. The number of hydrogen-bond donors (Lipinski definition) is 3. The number of rotatable bonds is 80. The van der Waals surface area contributed by atoms with Crippen LogP contribution in [0.2, 0.25) is 0 Å². The Balaban J connectivity index is 5.18. The molecule has 0 radical (unpaired) electrons. The summed E-state index contributed by atoms with van der Waals surface area (Å²) >= 11 is 0. The first-order valence-electron chi connectivity index (χ1n) is 41.7. The molecule has 0 aliphatic rings. The second kappa shape index (κ2) is 73.0. The Bertz CT molecular complexity index is 1890. The lowest BCUT2D eigenvalue weighted by atomic mass is 10.00. The number of aliphatic hydroxyl groups is 1. The molecule has 0 aliphatic heterocycles. The molecule has 0 heterocycles. The molecule has 0 spiro atoms. The summed E-state index contributed by atoms with van der Waals surface area (Å²) in [6.45, 7) is 7.26. The zero-order chi connectivity index (χ0) is 72.7. The van der Waals surface area contributed by atoms with Gasteiger partial charge in [0.1, 0.15) is 19.3 Å². The van der Waals surface area contributed by atoms with E-state index in [9.17, 15) is 43.2 Å². The van der Waals surface area contributed by atoms with Crippen molar-refractivity contribution >= 4 is 39.5 Å².